The summed E-state index contributed by atoms with van der Waals surface area (Å²) in [6, 6.07) is 29.5. The summed E-state index contributed by atoms with van der Waals surface area (Å²) >= 11 is 0. The Kier molecular flexibility index (Phi) is 2.56. The molecule has 0 unspecified atom stereocenters. The normalized spacial score (nSPS) is 11.5. The van der Waals surface area contributed by atoms with E-state index in [9.17, 15) is 0 Å². The molecule has 0 fully saturated rings. The molecule has 0 aliphatic rings. The summed E-state index contributed by atoms with van der Waals surface area (Å²) in [5.74, 6) is 0. The lowest BCUT2D eigenvalue weighted by Crippen LogP contribution is -1.80. The highest BCUT2D eigenvalue weighted by Gasteiger charge is 2.14. The van der Waals surface area contributed by atoms with Crippen molar-refractivity contribution in [3.63, 3.8) is 0 Å². The first-order valence-corrected chi connectivity index (χ1v) is 7.80. The molecule has 1 nitrogen and oxygen atoms in total. The van der Waals surface area contributed by atoms with Crippen molar-refractivity contribution in [2.24, 2.45) is 0 Å². The van der Waals surface area contributed by atoms with Gasteiger partial charge in [0.25, 0.3) is 0 Å². The number of benzene rings is 4. The molecule has 23 heavy (non-hydrogen) atoms. The van der Waals surface area contributed by atoms with Gasteiger partial charge in [-0.05, 0) is 34.0 Å². The predicted molar refractivity (Wildman–Crippen MR) is 96.7 cm³/mol. The molecule has 108 valence electrons. The van der Waals surface area contributed by atoms with Gasteiger partial charge < -0.3 is 4.42 Å². The first-order chi connectivity index (χ1) is 11.4. The lowest BCUT2D eigenvalue weighted by atomic mass is 9.97. The summed E-state index contributed by atoms with van der Waals surface area (Å²) < 4.78 is 6.12. The van der Waals surface area contributed by atoms with E-state index in [1.165, 1.54) is 32.7 Å². The second-order valence-corrected chi connectivity index (χ2v) is 5.81. The Morgan fingerprint density at radius 3 is 2.22 bits per heavy atom. The van der Waals surface area contributed by atoms with E-state index in [0.717, 1.165) is 11.2 Å². The van der Waals surface area contributed by atoms with Crippen molar-refractivity contribution < 1.29 is 4.42 Å². The van der Waals surface area contributed by atoms with E-state index >= 15 is 0 Å². The maximum atomic E-state index is 6.12. The fraction of sp³-hybridized carbons (Fsp3) is 0. The van der Waals surface area contributed by atoms with Crippen molar-refractivity contribution in [2.75, 3.05) is 0 Å². The van der Waals surface area contributed by atoms with Crippen LogP contribution in [0, 0.1) is 0 Å². The monoisotopic (exact) mass is 294 g/mol. The fourth-order valence-corrected chi connectivity index (χ4v) is 3.45. The molecule has 0 saturated heterocycles. The largest absolute Gasteiger partial charge is 0.456 e. The maximum Gasteiger partial charge on any atom is 0.136 e. The third kappa shape index (κ3) is 1.80. The molecule has 4 aromatic carbocycles. The first-order valence-electron chi connectivity index (χ1n) is 7.80. The number of rotatable bonds is 1. The molecule has 0 amide bonds. The Morgan fingerprint density at radius 1 is 0.522 bits per heavy atom. The number of fused-ring (bicyclic) bond motifs is 5. The van der Waals surface area contributed by atoms with Crippen molar-refractivity contribution in [3.8, 4) is 11.1 Å². The highest BCUT2D eigenvalue weighted by molar-refractivity contribution is 6.22. The molecule has 0 spiro atoms. The molecule has 0 aliphatic heterocycles. The van der Waals surface area contributed by atoms with Gasteiger partial charge in [-0.2, -0.15) is 0 Å². The molecule has 5 rings (SSSR count). The average molecular weight is 294 g/mol. The SMILES string of the molecule is c1ccc(-c2cccc3oc4ccc5ccccc5c4c23)cc1. The summed E-state index contributed by atoms with van der Waals surface area (Å²) in [6.07, 6.45) is 0. The first kappa shape index (κ1) is 12.5. The molecule has 0 aliphatic carbocycles. The Morgan fingerprint density at radius 2 is 1.30 bits per heavy atom. The van der Waals surface area contributed by atoms with Crippen molar-refractivity contribution in [1.82, 2.24) is 0 Å². The predicted octanol–water partition coefficient (Wildman–Crippen LogP) is 6.41. The van der Waals surface area contributed by atoms with Crippen LogP contribution in [0.1, 0.15) is 0 Å². The van der Waals surface area contributed by atoms with E-state index in [2.05, 4.69) is 78.9 Å². The van der Waals surface area contributed by atoms with E-state index in [1.54, 1.807) is 0 Å². The van der Waals surface area contributed by atoms with Crippen LogP contribution < -0.4 is 0 Å². The van der Waals surface area contributed by atoms with Gasteiger partial charge in [-0.1, -0.05) is 72.8 Å². The third-order valence-electron chi connectivity index (χ3n) is 4.47. The summed E-state index contributed by atoms with van der Waals surface area (Å²) in [7, 11) is 0. The molecular formula is C22H14O. The summed E-state index contributed by atoms with van der Waals surface area (Å²) in [6.45, 7) is 0. The number of furan rings is 1. The van der Waals surface area contributed by atoms with Gasteiger partial charge in [0.15, 0.2) is 0 Å². The third-order valence-corrected chi connectivity index (χ3v) is 4.47. The quantitative estimate of drug-likeness (QED) is 0.348. The molecule has 1 aromatic heterocycles. The molecule has 0 saturated carbocycles. The summed E-state index contributed by atoms with van der Waals surface area (Å²) in [4.78, 5) is 0. The Labute approximate surface area is 133 Å². The Hall–Kier alpha value is -3.06. The maximum absolute atomic E-state index is 6.12. The van der Waals surface area contributed by atoms with Crippen LogP contribution in [0.2, 0.25) is 0 Å². The molecule has 0 atom stereocenters. The van der Waals surface area contributed by atoms with Gasteiger partial charge in [0, 0.05) is 10.8 Å². The van der Waals surface area contributed by atoms with Crippen molar-refractivity contribution in [1.29, 1.82) is 0 Å². The minimum absolute atomic E-state index is 0.942. The molecule has 0 bridgehead atoms. The van der Waals surface area contributed by atoms with Gasteiger partial charge >= 0.3 is 0 Å². The van der Waals surface area contributed by atoms with E-state index in [-0.39, 0.29) is 0 Å². The minimum Gasteiger partial charge on any atom is -0.456 e. The number of hydrogen-bond acceptors (Lipinski definition) is 1. The van der Waals surface area contributed by atoms with Gasteiger partial charge in [-0.15, -0.1) is 0 Å². The van der Waals surface area contributed by atoms with Crippen LogP contribution in [0.5, 0.6) is 0 Å². The lowest BCUT2D eigenvalue weighted by Gasteiger charge is -2.05. The molecule has 5 aromatic rings. The minimum atomic E-state index is 0.942. The second-order valence-electron chi connectivity index (χ2n) is 5.81. The van der Waals surface area contributed by atoms with Gasteiger partial charge in [-0.3, -0.25) is 0 Å². The fourth-order valence-electron chi connectivity index (χ4n) is 3.45. The smallest absolute Gasteiger partial charge is 0.136 e. The molecule has 0 N–H and O–H groups in total. The highest BCUT2D eigenvalue weighted by Crippen LogP contribution is 2.39. The molecule has 0 radical (unpaired) electrons. The van der Waals surface area contributed by atoms with Crippen LogP contribution in [0.4, 0.5) is 0 Å². The van der Waals surface area contributed by atoms with E-state index < -0.39 is 0 Å². The zero-order valence-corrected chi connectivity index (χ0v) is 12.5. The van der Waals surface area contributed by atoms with E-state index in [1.807, 2.05) is 6.07 Å². The van der Waals surface area contributed by atoms with Crippen molar-refractivity contribution >= 4 is 32.7 Å². The van der Waals surface area contributed by atoms with Crippen molar-refractivity contribution in [2.45, 2.75) is 0 Å². The Balaban J connectivity index is 2.03. The zero-order valence-electron chi connectivity index (χ0n) is 12.5. The molecular weight excluding hydrogens is 280 g/mol. The van der Waals surface area contributed by atoms with Crippen LogP contribution in [0.15, 0.2) is 89.3 Å². The van der Waals surface area contributed by atoms with E-state index in [4.69, 9.17) is 4.42 Å². The lowest BCUT2D eigenvalue weighted by molar-refractivity contribution is 0.669. The topological polar surface area (TPSA) is 13.1 Å². The highest BCUT2D eigenvalue weighted by atomic mass is 16.3. The Bertz CT molecular complexity index is 1150. The van der Waals surface area contributed by atoms with Gasteiger partial charge in [-0.25, -0.2) is 0 Å². The molecule has 1 heterocycles. The standard InChI is InChI=1S/C22H14O/c1-2-7-15(8-3-1)18-11-6-12-19-21(18)22-17-10-5-4-9-16(17)13-14-20(22)23-19/h1-14H. The van der Waals surface area contributed by atoms with E-state index in [0.29, 0.717) is 0 Å². The van der Waals surface area contributed by atoms with Crippen LogP contribution in [-0.4, -0.2) is 0 Å². The zero-order chi connectivity index (χ0) is 15.2. The van der Waals surface area contributed by atoms with Crippen molar-refractivity contribution in [3.05, 3.63) is 84.9 Å². The summed E-state index contributed by atoms with van der Waals surface area (Å²) in [5.41, 5.74) is 4.33. The van der Waals surface area contributed by atoms with Crippen LogP contribution in [0.25, 0.3) is 43.8 Å². The average Bonchev–Trinajstić information content (AvgIpc) is 3.01. The van der Waals surface area contributed by atoms with Gasteiger partial charge in [0.05, 0.1) is 0 Å². The number of hydrogen-bond donors (Lipinski definition) is 0. The summed E-state index contributed by atoms with van der Waals surface area (Å²) in [5, 5.41) is 4.89. The van der Waals surface area contributed by atoms with Crippen LogP contribution >= 0.6 is 0 Å². The second kappa shape index (κ2) is 4.72. The van der Waals surface area contributed by atoms with Gasteiger partial charge in [0.1, 0.15) is 11.2 Å². The molecule has 1 heteroatoms. The van der Waals surface area contributed by atoms with Gasteiger partial charge in [0.2, 0.25) is 0 Å². The van der Waals surface area contributed by atoms with Crippen LogP contribution in [-0.2, 0) is 0 Å². The van der Waals surface area contributed by atoms with Crippen LogP contribution in [0.3, 0.4) is 0 Å².